The highest BCUT2D eigenvalue weighted by Crippen LogP contribution is 2.53. The van der Waals surface area contributed by atoms with Crippen LogP contribution in [0.4, 0.5) is 13.2 Å². The monoisotopic (exact) mass is 433 g/mol. The largest absolute Gasteiger partial charge is 0.490 e. The maximum Gasteiger partial charge on any atom is 0.490 e. The van der Waals surface area contributed by atoms with Crippen LogP contribution in [0.15, 0.2) is 24.3 Å². The van der Waals surface area contributed by atoms with E-state index in [0.29, 0.717) is 26.1 Å². The first-order valence-electron chi connectivity index (χ1n) is 8.99. The molecule has 2 unspecified atom stereocenters. The highest BCUT2D eigenvalue weighted by Gasteiger charge is 2.59. The zero-order valence-electron chi connectivity index (χ0n) is 16.1. The van der Waals surface area contributed by atoms with Crippen LogP contribution in [-0.4, -0.2) is 60.2 Å². The van der Waals surface area contributed by atoms with Crippen LogP contribution < -0.4 is 5.32 Å². The Balaban J connectivity index is 0.000000396. The molecular formula is C19H22F3NO7. The number of fused-ring (bicyclic) bond motifs is 2. The van der Waals surface area contributed by atoms with Crippen molar-refractivity contribution in [3.05, 3.63) is 35.4 Å². The maximum absolute atomic E-state index is 11.9. The number of aromatic carboxylic acids is 1. The van der Waals surface area contributed by atoms with Crippen molar-refractivity contribution >= 4 is 17.9 Å². The number of methoxy groups -OCH3 is 1. The molecule has 0 aromatic heterocycles. The second kappa shape index (κ2) is 9.00. The standard InChI is InChI=1S/C17H21NO5.C2HF3O2/c1-22-15(21)16-6-7-17(9-16,23-11-16)10-18-8-12-2-4-13(5-3-12)14(19)20;3-2(4,5)1(6)7/h2-5,18H,6-11H2,1H3,(H,19,20);(H,6,7). The molecular weight excluding hydrogens is 411 g/mol. The van der Waals surface area contributed by atoms with Crippen LogP contribution in [0.5, 0.6) is 0 Å². The molecule has 30 heavy (non-hydrogen) atoms. The number of nitrogens with one attached hydrogen (secondary N) is 1. The van der Waals surface area contributed by atoms with Crippen molar-refractivity contribution in [3.63, 3.8) is 0 Å². The zero-order chi connectivity index (χ0) is 22.6. The minimum Gasteiger partial charge on any atom is -0.478 e. The van der Waals surface area contributed by atoms with Gasteiger partial charge in [0.05, 0.1) is 30.3 Å². The molecule has 3 rings (SSSR count). The molecule has 8 nitrogen and oxygen atoms in total. The number of rotatable bonds is 6. The summed E-state index contributed by atoms with van der Waals surface area (Å²) in [5.74, 6) is -3.85. The zero-order valence-corrected chi connectivity index (χ0v) is 16.1. The Kier molecular flexibility index (Phi) is 7.09. The number of aliphatic carboxylic acids is 1. The normalized spacial score (nSPS) is 24.7. The van der Waals surface area contributed by atoms with Crippen LogP contribution in [0.2, 0.25) is 0 Å². The van der Waals surface area contributed by atoms with Crippen molar-refractivity contribution in [2.24, 2.45) is 5.41 Å². The first kappa shape index (κ1) is 23.6. The van der Waals surface area contributed by atoms with Crippen molar-refractivity contribution in [2.45, 2.75) is 37.6 Å². The minimum absolute atomic E-state index is 0.166. The summed E-state index contributed by atoms with van der Waals surface area (Å²) >= 11 is 0. The lowest BCUT2D eigenvalue weighted by Gasteiger charge is -2.27. The Hall–Kier alpha value is -2.66. The van der Waals surface area contributed by atoms with Gasteiger partial charge in [0.25, 0.3) is 0 Å². The van der Waals surface area contributed by atoms with Gasteiger partial charge in [-0.05, 0) is 37.0 Å². The van der Waals surface area contributed by atoms with Crippen LogP contribution >= 0.6 is 0 Å². The summed E-state index contributed by atoms with van der Waals surface area (Å²) in [6.45, 7) is 1.75. The number of esters is 1. The van der Waals surface area contributed by atoms with Gasteiger partial charge in [0.2, 0.25) is 0 Å². The van der Waals surface area contributed by atoms with Gasteiger partial charge in [0.15, 0.2) is 0 Å². The van der Waals surface area contributed by atoms with Crippen LogP contribution in [0.1, 0.15) is 35.2 Å². The van der Waals surface area contributed by atoms with Gasteiger partial charge in [-0.15, -0.1) is 0 Å². The SMILES string of the molecule is COC(=O)C12CCC(CNCc3ccc(C(=O)O)cc3)(C1)OC2.O=C(O)C(F)(F)F. The van der Waals surface area contributed by atoms with Crippen molar-refractivity contribution in [1.29, 1.82) is 0 Å². The summed E-state index contributed by atoms with van der Waals surface area (Å²) in [4.78, 5) is 31.7. The van der Waals surface area contributed by atoms with Gasteiger partial charge >= 0.3 is 24.1 Å². The van der Waals surface area contributed by atoms with Crippen molar-refractivity contribution < 1.29 is 47.2 Å². The maximum atomic E-state index is 11.9. The number of benzene rings is 1. The Labute approximate surface area is 170 Å². The number of carbonyl (C=O) groups excluding carboxylic acids is 1. The third-order valence-corrected chi connectivity index (χ3v) is 5.21. The van der Waals surface area contributed by atoms with Crippen molar-refractivity contribution in [3.8, 4) is 0 Å². The highest BCUT2D eigenvalue weighted by atomic mass is 19.4. The molecule has 1 aromatic rings. The molecule has 2 aliphatic rings. The van der Waals surface area contributed by atoms with E-state index in [0.717, 1.165) is 18.4 Å². The molecule has 2 bridgehead atoms. The number of carbonyl (C=O) groups is 3. The molecule has 2 atom stereocenters. The van der Waals surface area contributed by atoms with Crippen LogP contribution in [-0.2, 0) is 25.6 Å². The minimum atomic E-state index is -5.08. The van der Waals surface area contributed by atoms with Gasteiger partial charge in [-0.2, -0.15) is 13.2 Å². The number of alkyl halides is 3. The van der Waals surface area contributed by atoms with Crippen molar-refractivity contribution in [2.75, 3.05) is 20.3 Å². The average molecular weight is 433 g/mol. The quantitative estimate of drug-likeness (QED) is 0.584. The van der Waals surface area contributed by atoms with Gasteiger partial charge in [0.1, 0.15) is 0 Å². The van der Waals surface area contributed by atoms with E-state index in [1.165, 1.54) is 7.11 Å². The molecule has 3 N–H and O–H groups in total. The Morgan fingerprint density at radius 3 is 2.20 bits per heavy atom. The lowest BCUT2D eigenvalue weighted by molar-refractivity contribution is -0.192. The van der Waals surface area contributed by atoms with Crippen LogP contribution in [0.3, 0.4) is 0 Å². The number of ether oxygens (including phenoxy) is 2. The Bertz CT molecular complexity index is 784. The molecule has 1 heterocycles. The summed E-state index contributed by atoms with van der Waals surface area (Å²) in [6.07, 6.45) is -2.71. The van der Waals surface area contributed by atoms with E-state index < -0.39 is 23.5 Å². The molecule has 0 amide bonds. The van der Waals surface area contributed by atoms with Gasteiger partial charge in [-0.3, -0.25) is 4.79 Å². The van der Waals surface area contributed by atoms with E-state index in [2.05, 4.69) is 5.32 Å². The number of carboxylic acid groups (broad SMARTS) is 2. The van der Waals surface area contributed by atoms with E-state index in [1.54, 1.807) is 24.3 Å². The summed E-state index contributed by atoms with van der Waals surface area (Å²) in [7, 11) is 1.43. The third-order valence-electron chi connectivity index (χ3n) is 5.21. The first-order valence-corrected chi connectivity index (χ1v) is 8.99. The number of halogens is 3. The third kappa shape index (κ3) is 5.48. The van der Waals surface area contributed by atoms with Crippen LogP contribution in [0, 0.1) is 5.41 Å². The van der Waals surface area contributed by atoms with Gasteiger partial charge in [-0.25, -0.2) is 9.59 Å². The van der Waals surface area contributed by atoms with E-state index in [9.17, 15) is 22.8 Å². The smallest absolute Gasteiger partial charge is 0.478 e. The Morgan fingerprint density at radius 2 is 1.77 bits per heavy atom. The molecule has 1 aromatic carbocycles. The molecule has 0 radical (unpaired) electrons. The van der Waals surface area contributed by atoms with Gasteiger partial charge in [0, 0.05) is 13.1 Å². The molecule has 1 aliphatic heterocycles. The summed E-state index contributed by atoms with van der Waals surface area (Å²) in [5, 5.41) is 19.4. The Morgan fingerprint density at radius 1 is 1.17 bits per heavy atom. The predicted molar refractivity (Wildman–Crippen MR) is 95.8 cm³/mol. The molecule has 2 fully saturated rings. The lowest BCUT2D eigenvalue weighted by atomic mass is 9.88. The van der Waals surface area contributed by atoms with E-state index in [4.69, 9.17) is 24.5 Å². The molecule has 1 aliphatic carbocycles. The fraction of sp³-hybridized carbons (Fsp3) is 0.526. The second-order valence-corrected chi connectivity index (χ2v) is 7.33. The average Bonchev–Trinajstić information content (AvgIpc) is 3.25. The molecule has 166 valence electrons. The molecule has 1 saturated carbocycles. The highest BCUT2D eigenvalue weighted by molar-refractivity contribution is 5.87. The van der Waals surface area contributed by atoms with E-state index in [1.807, 2.05) is 0 Å². The van der Waals surface area contributed by atoms with E-state index in [-0.39, 0.29) is 17.1 Å². The fourth-order valence-electron chi connectivity index (χ4n) is 3.65. The van der Waals surface area contributed by atoms with Gasteiger partial charge < -0.3 is 25.0 Å². The van der Waals surface area contributed by atoms with Crippen LogP contribution in [0.25, 0.3) is 0 Å². The molecule has 11 heteroatoms. The number of hydrogen-bond donors (Lipinski definition) is 3. The topological polar surface area (TPSA) is 122 Å². The second-order valence-electron chi connectivity index (χ2n) is 7.33. The lowest BCUT2D eigenvalue weighted by Crippen LogP contribution is -2.38. The van der Waals surface area contributed by atoms with E-state index >= 15 is 0 Å². The first-order chi connectivity index (χ1) is 13.9. The summed E-state index contributed by atoms with van der Waals surface area (Å²) < 4.78 is 42.6. The predicted octanol–water partition coefficient (Wildman–Crippen LogP) is 2.22. The van der Waals surface area contributed by atoms with Gasteiger partial charge in [-0.1, -0.05) is 12.1 Å². The number of hydrogen-bond acceptors (Lipinski definition) is 6. The van der Waals surface area contributed by atoms with Crippen molar-refractivity contribution in [1.82, 2.24) is 5.32 Å². The number of carboxylic acids is 2. The molecule has 0 spiro atoms. The summed E-state index contributed by atoms with van der Waals surface area (Å²) in [5.41, 5.74) is 0.557. The summed E-state index contributed by atoms with van der Waals surface area (Å²) in [6, 6.07) is 6.80. The fourth-order valence-corrected chi connectivity index (χ4v) is 3.65. The molecule has 1 saturated heterocycles.